The van der Waals surface area contributed by atoms with Crippen molar-refractivity contribution in [3.8, 4) is 0 Å². The second kappa shape index (κ2) is 13.9. The molecule has 1 aliphatic carbocycles. The molecule has 6 nitrogen and oxygen atoms in total. The summed E-state index contributed by atoms with van der Waals surface area (Å²) in [5.41, 5.74) is 6.58. The van der Waals surface area contributed by atoms with Gasteiger partial charge in [-0.05, 0) is 37.7 Å². The van der Waals surface area contributed by atoms with E-state index in [4.69, 9.17) is 15.2 Å². The number of piperidine rings is 1. The molecule has 1 saturated carbocycles. The highest BCUT2D eigenvalue weighted by molar-refractivity contribution is 5.74. The van der Waals surface area contributed by atoms with Gasteiger partial charge in [-0.25, -0.2) is 9.18 Å². The highest BCUT2D eigenvalue weighted by Gasteiger charge is 2.33. The van der Waals surface area contributed by atoms with Gasteiger partial charge in [0, 0.05) is 57.5 Å². The SMILES string of the molecule is COCCCOC(c1ccccc1F)C1CCCN(C(=O)NC(CN)CC2CCCCC2)C1. The first kappa shape index (κ1) is 25.9. The summed E-state index contributed by atoms with van der Waals surface area (Å²) < 4.78 is 26.0. The topological polar surface area (TPSA) is 76.8 Å². The van der Waals surface area contributed by atoms with Crippen LogP contribution in [-0.2, 0) is 9.47 Å². The van der Waals surface area contributed by atoms with Crippen LogP contribution < -0.4 is 11.1 Å². The molecule has 2 amide bonds. The zero-order valence-corrected chi connectivity index (χ0v) is 20.1. The molecule has 3 rings (SSSR count). The summed E-state index contributed by atoms with van der Waals surface area (Å²) in [6, 6.07) is 6.76. The van der Waals surface area contributed by atoms with Crippen LogP contribution in [0.1, 0.15) is 69.5 Å². The number of nitrogens with two attached hydrogens (primary N) is 1. The Morgan fingerprint density at radius 3 is 2.70 bits per heavy atom. The Bertz CT molecular complexity index is 714. The van der Waals surface area contributed by atoms with Gasteiger partial charge in [-0.1, -0.05) is 50.3 Å². The highest BCUT2D eigenvalue weighted by atomic mass is 19.1. The zero-order chi connectivity index (χ0) is 23.5. The quantitative estimate of drug-likeness (QED) is 0.469. The van der Waals surface area contributed by atoms with Crippen LogP contribution in [0.4, 0.5) is 9.18 Å². The number of nitrogens with one attached hydrogen (secondary N) is 1. The number of likely N-dealkylation sites (tertiary alicyclic amines) is 1. The summed E-state index contributed by atoms with van der Waals surface area (Å²) in [5.74, 6) is 0.442. The fraction of sp³-hybridized carbons (Fsp3) is 0.731. The molecular weight excluding hydrogens is 421 g/mol. The fourth-order valence-corrected chi connectivity index (χ4v) is 5.35. The first-order valence-electron chi connectivity index (χ1n) is 12.7. The van der Waals surface area contributed by atoms with Gasteiger partial charge in [-0.15, -0.1) is 0 Å². The second-order valence-corrected chi connectivity index (χ2v) is 9.63. The summed E-state index contributed by atoms with van der Waals surface area (Å²) in [4.78, 5) is 15.0. The van der Waals surface area contributed by atoms with Crippen LogP contribution in [0.3, 0.4) is 0 Å². The molecule has 1 aliphatic heterocycles. The second-order valence-electron chi connectivity index (χ2n) is 9.63. The van der Waals surface area contributed by atoms with Gasteiger partial charge >= 0.3 is 6.03 Å². The van der Waals surface area contributed by atoms with E-state index in [0.717, 1.165) is 25.7 Å². The van der Waals surface area contributed by atoms with E-state index < -0.39 is 0 Å². The molecule has 3 atom stereocenters. The average Bonchev–Trinajstić information content (AvgIpc) is 2.85. The predicted molar refractivity (Wildman–Crippen MR) is 128 cm³/mol. The number of urea groups is 1. The third-order valence-corrected chi connectivity index (χ3v) is 7.13. The number of amides is 2. The number of carbonyl (C=O) groups is 1. The van der Waals surface area contributed by atoms with E-state index in [1.807, 2.05) is 11.0 Å². The molecule has 0 spiro atoms. The molecule has 7 heteroatoms. The van der Waals surface area contributed by atoms with E-state index in [9.17, 15) is 9.18 Å². The minimum atomic E-state index is -0.383. The van der Waals surface area contributed by atoms with Crippen molar-refractivity contribution in [3.63, 3.8) is 0 Å². The number of hydrogen-bond donors (Lipinski definition) is 2. The van der Waals surface area contributed by atoms with Crippen LogP contribution >= 0.6 is 0 Å². The molecule has 3 unspecified atom stereocenters. The van der Waals surface area contributed by atoms with Gasteiger partial charge < -0.3 is 25.4 Å². The van der Waals surface area contributed by atoms with E-state index in [2.05, 4.69) is 5.32 Å². The van der Waals surface area contributed by atoms with Crippen LogP contribution in [0.15, 0.2) is 24.3 Å². The number of carbonyl (C=O) groups excluding carboxylic acids is 1. The van der Waals surface area contributed by atoms with E-state index in [1.54, 1.807) is 19.2 Å². The Morgan fingerprint density at radius 2 is 1.97 bits per heavy atom. The molecule has 2 aliphatic rings. The molecule has 1 heterocycles. The van der Waals surface area contributed by atoms with Gasteiger partial charge in [0.1, 0.15) is 5.82 Å². The molecule has 2 fully saturated rings. The Balaban J connectivity index is 1.61. The Morgan fingerprint density at radius 1 is 1.18 bits per heavy atom. The minimum absolute atomic E-state index is 0.00800. The van der Waals surface area contributed by atoms with Crippen molar-refractivity contribution in [2.45, 2.75) is 69.9 Å². The van der Waals surface area contributed by atoms with Crippen molar-refractivity contribution in [2.75, 3.05) is 40.0 Å². The molecule has 33 heavy (non-hydrogen) atoms. The van der Waals surface area contributed by atoms with Crippen molar-refractivity contribution in [1.29, 1.82) is 0 Å². The van der Waals surface area contributed by atoms with Crippen molar-refractivity contribution in [2.24, 2.45) is 17.6 Å². The van der Waals surface area contributed by atoms with Gasteiger partial charge in [-0.3, -0.25) is 0 Å². The number of halogens is 1. The maximum absolute atomic E-state index is 14.7. The van der Waals surface area contributed by atoms with Crippen molar-refractivity contribution < 1.29 is 18.7 Å². The van der Waals surface area contributed by atoms with Gasteiger partial charge in [-0.2, -0.15) is 0 Å². The maximum Gasteiger partial charge on any atom is 0.317 e. The van der Waals surface area contributed by atoms with Crippen LogP contribution in [0.25, 0.3) is 0 Å². The lowest BCUT2D eigenvalue weighted by molar-refractivity contribution is -0.0185. The molecule has 0 bridgehead atoms. The third kappa shape index (κ3) is 7.94. The largest absolute Gasteiger partial charge is 0.385 e. The predicted octanol–water partition coefficient (Wildman–Crippen LogP) is 4.64. The first-order valence-corrected chi connectivity index (χ1v) is 12.7. The number of methoxy groups -OCH3 is 1. The number of rotatable bonds is 11. The van der Waals surface area contributed by atoms with Crippen molar-refractivity contribution in [3.05, 3.63) is 35.6 Å². The molecule has 0 aromatic heterocycles. The third-order valence-electron chi connectivity index (χ3n) is 7.13. The Hall–Kier alpha value is -1.70. The molecule has 3 N–H and O–H groups in total. The van der Waals surface area contributed by atoms with E-state index in [-0.39, 0.29) is 29.9 Å². The standard InChI is InChI=1S/C26H42FN3O3/c1-32-15-8-16-33-25(23-12-5-6-13-24(23)27)21-11-7-14-30(19-21)26(31)29-22(18-28)17-20-9-3-2-4-10-20/h5-6,12-13,20-22,25H,2-4,7-11,14-19,28H2,1H3,(H,29,31). The summed E-state index contributed by atoms with van der Waals surface area (Å²) >= 11 is 0. The number of benzene rings is 1. The summed E-state index contributed by atoms with van der Waals surface area (Å²) in [5, 5.41) is 3.18. The number of nitrogens with zero attached hydrogens (tertiary/aromatic N) is 1. The summed E-state index contributed by atoms with van der Waals surface area (Å²) in [7, 11) is 1.66. The lowest BCUT2D eigenvalue weighted by Gasteiger charge is -2.38. The lowest BCUT2D eigenvalue weighted by Crippen LogP contribution is -2.51. The Kier molecular flexibility index (Phi) is 10.9. The summed E-state index contributed by atoms with van der Waals surface area (Å²) in [6.07, 6.45) is 9.46. The maximum atomic E-state index is 14.7. The molecule has 0 radical (unpaired) electrons. The number of ether oxygens (including phenoxy) is 2. The molecule has 186 valence electrons. The molecule has 1 aromatic rings. The monoisotopic (exact) mass is 463 g/mol. The van der Waals surface area contributed by atoms with E-state index in [0.29, 0.717) is 44.3 Å². The highest BCUT2D eigenvalue weighted by Crippen LogP contribution is 2.34. The van der Waals surface area contributed by atoms with Crippen LogP contribution in [-0.4, -0.2) is 56.9 Å². The zero-order valence-electron chi connectivity index (χ0n) is 20.1. The van der Waals surface area contributed by atoms with Crippen molar-refractivity contribution in [1.82, 2.24) is 10.2 Å². The normalized spacial score (nSPS) is 21.5. The minimum Gasteiger partial charge on any atom is -0.385 e. The van der Waals surface area contributed by atoms with Gasteiger partial charge in [0.2, 0.25) is 0 Å². The van der Waals surface area contributed by atoms with E-state index in [1.165, 1.54) is 38.2 Å². The van der Waals surface area contributed by atoms with Crippen LogP contribution in [0.5, 0.6) is 0 Å². The van der Waals surface area contributed by atoms with E-state index >= 15 is 0 Å². The fourth-order valence-electron chi connectivity index (χ4n) is 5.35. The Labute approximate surface area is 198 Å². The average molecular weight is 464 g/mol. The van der Waals surface area contributed by atoms with Crippen LogP contribution in [0.2, 0.25) is 0 Å². The first-order chi connectivity index (χ1) is 16.1. The van der Waals surface area contributed by atoms with Crippen molar-refractivity contribution >= 4 is 6.03 Å². The smallest absolute Gasteiger partial charge is 0.317 e. The van der Waals surface area contributed by atoms with Gasteiger partial charge in [0.15, 0.2) is 0 Å². The molecular formula is C26H42FN3O3. The summed E-state index contributed by atoms with van der Waals surface area (Å²) in [6.45, 7) is 2.81. The lowest BCUT2D eigenvalue weighted by atomic mass is 9.85. The van der Waals surface area contributed by atoms with Gasteiger partial charge in [0.25, 0.3) is 0 Å². The molecule has 1 aromatic carbocycles. The van der Waals surface area contributed by atoms with Gasteiger partial charge in [0.05, 0.1) is 6.10 Å². The van der Waals surface area contributed by atoms with Crippen LogP contribution in [0, 0.1) is 17.7 Å². The molecule has 1 saturated heterocycles. The number of hydrogen-bond acceptors (Lipinski definition) is 4.